The molecule has 1 aromatic heterocycles. The summed E-state index contributed by atoms with van der Waals surface area (Å²) >= 11 is 10.1. The van der Waals surface area contributed by atoms with Gasteiger partial charge in [-0.3, -0.25) is 14.5 Å². The Balaban J connectivity index is 1.95. The van der Waals surface area contributed by atoms with Crippen molar-refractivity contribution in [2.75, 3.05) is 4.90 Å². The number of rotatable bonds is 3. The number of carbonyl (C=O) groups excluding carboxylic acids is 2. The van der Waals surface area contributed by atoms with Gasteiger partial charge < -0.3 is 5.11 Å². The van der Waals surface area contributed by atoms with Crippen molar-refractivity contribution >= 4 is 71.1 Å². The molecule has 2 aromatic carbocycles. The molecule has 0 radical (unpaired) electrons. The molecule has 1 N–H and O–H groups in total. The van der Waals surface area contributed by atoms with Gasteiger partial charge in [0.05, 0.1) is 11.6 Å². The predicted octanol–water partition coefficient (Wildman–Crippen LogP) is 6.00. The third kappa shape index (κ3) is 3.87. The maximum Gasteiger partial charge on any atom is 0.301 e. The Labute approximate surface area is 197 Å². The number of hydrogen-bond acceptors (Lipinski definition) is 4. The van der Waals surface area contributed by atoms with E-state index in [0.29, 0.717) is 16.9 Å². The van der Waals surface area contributed by atoms with Gasteiger partial charge in [-0.25, -0.2) is 4.98 Å². The lowest BCUT2D eigenvalue weighted by atomic mass is 9.95. The summed E-state index contributed by atoms with van der Waals surface area (Å²) in [5.41, 5.74) is 1.14. The highest BCUT2D eigenvalue weighted by atomic mass is 79.9. The molecule has 3 aromatic rings. The van der Waals surface area contributed by atoms with Crippen LogP contribution in [0.1, 0.15) is 17.2 Å². The Bertz CT molecular complexity index is 1170. The Morgan fingerprint density at radius 2 is 1.47 bits per heavy atom. The normalized spacial score (nSPS) is 18.1. The topological polar surface area (TPSA) is 70.5 Å². The number of aliphatic hydroxyl groups excluding tert-OH is 1. The van der Waals surface area contributed by atoms with Crippen molar-refractivity contribution in [2.45, 2.75) is 6.04 Å². The molecule has 150 valence electrons. The van der Waals surface area contributed by atoms with Crippen LogP contribution in [-0.2, 0) is 9.59 Å². The third-order valence-electron chi connectivity index (χ3n) is 4.70. The lowest BCUT2D eigenvalue weighted by Crippen LogP contribution is -2.30. The van der Waals surface area contributed by atoms with Gasteiger partial charge in [-0.2, -0.15) is 0 Å². The number of Topliss-reactive ketones (excluding diaryl/α,β-unsaturated/α-hetero) is 1. The standard InChI is InChI=1S/C22H13Br3N2O3/c23-14-5-1-12(2-6-14)19-18(20(28)13-3-7-15(24)8-4-13)21(29)22(30)27(19)17-11-16(25)9-10-26-17/h1-11,19,28H/b20-18-. The Morgan fingerprint density at radius 1 is 0.867 bits per heavy atom. The van der Waals surface area contributed by atoms with Gasteiger partial charge >= 0.3 is 5.91 Å². The zero-order chi connectivity index (χ0) is 21.4. The van der Waals surface area contributed by atoms with Crippen molar-refractivity contribution in [3.05, 3.63) is 97.0 Å². The molecule has 0 saturated carbocycles. The number of hydrogen-bond donors (Lipinski definition) is 1. The van der Waals surface area contributed by atoms with E-state index < -0.39 is 17.7 Å². The average molecular weight is 593 g/mol. The monoisotopic (exact) mass is 590 g/mol. The predicted molar refractivity (Wildman–Crippen MR) is 125 cm³/mol. The highest BCUT2D eigenvalue weighted by molar-refractivity contribution is 9.11. The van der Waals surface area contributed by atoms with E-state index in [1.54, 1.807) is 54.7 Å². The molecule has 0 bridgehead atoms. The van der Waals surface area contributed by atoms with E-state index >= 15 is 0 Å². The molecule has 4 rings (SSSR count). The summed E-state index contributed by atoms with van der Waals surface area (Å²) in [6.07, 6.45) is 1.55. The molecular weight excluding hydrogens is 580 g/mol. The molecule has 1 aliphatic rings. The van der Waals surface area contributed by atoms with E-state index in [0.717, 1.165) is 13.4 Å². The van der Waals surface area contributed by atoms with Crippen LogP contribution in [0.25, 0.3) is 5.76 Å². The van der Waals surface area contributed by atoms with E-state index in [2.05, 4.69) is 52.8 Å². The van der Waals surface area contributed by atoms with Crippen molar-refractivity contribution in [2.24, 2.45) is 0 Å². The van der Waals surface area contributed by atoms with E-state index in [1.165, 1.54) is 4.90 Å². The van der Waals surface area contributed by atoms with Crippen LogP contribution in [0.4, 0.5) is 5.82 Å². The van der Waals surface area contributed by atoms with Gasteiger partial charge in [0.1, 0.15) is 11.6 Å². The Hall–Kier alpha value is -2.29. The summed E-state index contributed by atoms with van der Waals surface area (Å²) in [5.74, 6) is -1.42. The van der Waals surface area contributed by atoms with Crippen LogP contribution in [0, 0.1) is 0 Å². The second-order valence-electron chi connectivity index (χ2n) is 6.56. The maximum atomic E-state index is 13.0. The molecule has 5 nitrogen and oxygen atoms in total. The number of aliphatic hydroxyl groups is 1. The van der Waals surface area contributed by atoms with E-state index in [-0.39, 0.29) is 11.3 Å². The minimum absolute atomic E-state index is 0.0198. The van der Waals surface area contributed by atoms with Crippen molar-refractivity contribution < 1.29 is 14.7 Å². The lowest BCUT2D eigenvalue weighted by molar-refractivity contribution is -0.132. The fourth-order valence-electron chi connectivity index (χ4n) is 3.32. The van der Waals surface area contributed by atoms with Gasteiger partial charge in [-0.1, -0.05) is 72.1 Å². The molecule has 1 amide bonds. The number of carbonyl (C=O) groups is 2. The summed E-state index contributed by atoms with van der Waals surface area (Å²) in [4.78, 5) is 31.7. The molecule has 1 atom stereocenters. The van der Waals surface area contributed by atoms with Crippen LogP contribution in [0.15, 0.2) is 85.9 Å². The summed E-state index contributed by atoms with van der Waals surface area (Å²) in [7, 11) is 0. The third-order valence-corrected chi connectivity index (χ3v) is 6.25. The Morgan fingerprint density at radius 3 is 2.07 bits per heavy atom. The van der Waals surface area contributed by atoms with Crippen LogP contribution in [0.3, 0.4) is 0 Å². The zero-order valence-corrected chi connectivity index (χ0v) is 20.0. The largest absolute Gasteiger partial charge is 0.507 e. The second-order valence-corrected chi connectivity index (χ2v) is 9.31. The summed E-state index contributed by atoms with van der Waals surface area (Å²) in [6.45, 7) is 0. The van der Waals surface area contributed by atoms with E-state index in [4.69, 9.17) is 0 Å². The van der Waals surface area contributed by atoms with Gasteiger partial charge in [0.2, 0.25) is 0 Å². The van der Waals surface area contributed by atoms with Crippen LogP contribution in [0.2, 0.25) is 0 Å². The Kier molecular flexibility index (Phi) is 5.90. The number of ketones is 1. The number of nitrogens with zero attached hydrogens (tertiary/aromatic N) is 2. The SMILES string of the molecule is O=C1C(=O)N(c2cc(Br)ccn2)C(c2ccc(Br)cc2)/C1=C(/O)c1ccc(Br)cc1. The van der Waals surface area contributed by atoms with Crippen LogP contribution >= 0.6 is 47.8 Å². The number of aromatic nitrogens is 1. The number of benzene rings is 2. The molecular formula is C22H13Br3N2O3. The first-order valence-corrected chi connectivity index (χ1v) is 11.2. The van der Waals surface area contributed by atoms with Crippen LogP contribution in [-0.4, -0.2) is 21.8 Å². The maximum absolute atomic E-state index is 13.0. The summed E-state index contributed by atoms with van der Waals surface area (Å²) in [5, 5.41) is 11.0. The lowest BCUT2D eigenvalue weighted by Gasteiger charge is -2.24. The quantitative estimate of drug-likeness (QED) is 0.230. The van der Waals surface area contributed by atoms with E-state index in [1.807, 2.05) is 12.1 Å². The molecule has 2 heterocycles. The van der Waals surface area contributed by atoms with Crippen LogP contribution < -0.4 is 4.90 Å². The smallest absolute Gasteiger partial charge is 0.301 e. The number of anilines is 1. The highest BCUT2D eigenvalue weighted by Crippen LogP contribution is 2.42. The van der Waals surface area contributed by atoms with Crippen LogP contribution in [0.5, 0.6) is 0 Å². The average Bonchev–Trinajstić information content (AvgIpc) is 2.99. The first kappa shape index (κ1) is 21.0. The molecule has 1 fully saturated rings. The van der Waals surface area contributed by atoms with Crippen molar-refractivity contribution in [3.8, 4) is 0 Å². The fraction of sp³-hybridized carbons (Fsp3) is 0.0455. The first-order chi connectivity index (χ1) is 14.4. The van der Waals surface area contributed by atoms with E-state index in [9.17, 15) is 14.7 Å². The molecule has 30 heavy (non-hydrogen) atoms. The highest BCUT2D eigenvalue weighted by Gasteiger charge is 2.47. The summed E-state index contributed by atoms with van der Waals surface area (Å²) < 4.78 is 2.41. The van der Waals surface area contributed by atoms with Gasteiger partial charge in [0.15, 0.2) is 0 Å². The number of amides is 1. The zero-order valence-electron chi connectivity index (χ0n) is 15.2. The molecule has 8 heteroatoms. The molecule has 1 unspecified atom stereocenters. The van der Waals surface area contributed by atoms with Crippen molar-refractivity contribution in [1.82, 2.24) is 4.98 Å². The first-order valence-electron chi connectivity index (χ1n) is 8.81. The second kappa shape index (κ2) is 8.45. The molecule has 0 aliphatic carbocycles. The van der Waals surface area contributed by atoms with Gasteiger partial charge in [-0.15, -0.1) is 0 Å². The number of halogens is 3. The minimum Gasteiger partial charge on any atom is -0.507 e. The fourth-order valence-corrected chi connectivity index (χ4v) is 4.17. The van der Waals surface area contributed by atoms with Gasteiger partial charge in [0, 0.05) is 25.2 Å². The minimum atomic E-state index is -0.816. The van der Waals surface area contributed by atoms with Crippen molar-refractivity contribution in [1.29, 1.82) is 0 Å². The van der Waals surface area contributed by atoms with Gasteiger partial charge in [-0.05, 0) is 42.0 Å². The number of pyridine rings is 1. The molecule has 1 saturated heterocycles. The van der Waals surface area contributed by atoms with Crippen molar-refractivity contribution in [3.63, 3.8) is 0 Å². The van der Waals surface area contributed by atoms with Gasteiger partial charge in [0.25, 0.3) is 5.78 Å². The molecule has 0 spiro atoms. The molecule has 1 aliphatic heterocycles. The summed E-state index contributed by atoms with van der Waals surface area (Å²) in [6, 6.07) is 16.7.